The molecule has 2 fully saturated rings. The van der Waals surface area contributed by atoms with Crippen LogP contribution in [0.2, 0.25) is 0 Å². The van der Waals surface area contributed by atoms with Gasteiger partial charge in [0.15, 0.2) is 0 Å². The normalized spacial score (nSPS) is 24.2. The van der Waals surface area contributed by atoms with E-state index in [1.165, 1.54) is 12.1 Å². The number of benzene rings is 1. The highest BCUT2D eigenvalue weighted by Gasteiger charge is 2.37. The highest BCUT2D eigenvalue weighted by Crippen LogP contribution is 2.39. The van der Waals surface area contributed by atoms with Crippen molar-refractivity contribution in [3.63, 3.8) is 0 Å². The van der Waals surface area contributed by atoms with E-state index in [-0.39, 0.29) is 24.3 Å². The summed E-state index contributed by atoms with van der Waals surface area (Å²) in [6, 6.07) is 7.65. The number of amides is 1. The van der Waals surface area contributed by atoms with Crippen LogP contribution in [-0.4, -0.2) is 38.8 Å². The van der Waals surface area contributed by atoms with Crippen LogP contribution >= 0.6 is 0 Å². The molecule has 4 rings (SSSR count). The molecular weight excluding hydrogens is 297 g/mol. The number of carbonyl (C=O) groups excluding carboxylic acids is 1. The van der Waals surface area contributed by atoms with Gasteiger partial charge in [-0.05, 0) is 43.0 Å². The van der Waals surface area contributed by atoms with E-state index < -0.39 is 6.10 Å². The predicted molar refractivity (Wildman–Crippen MR) is 81.4 cm³/mol. The molecule has 0 spiro atoms. The van der Waals surface area contributed by atoms with Crippen molar-refractivity contribution >= 4 is 5.91 Å². The number of carbonyl (C=O) groups is 1. The summed E-state index contributed by atoms with van der Waals surface area (Å²) in [6.07, 6.45) is 2.15. The Hall–Kier alpha value is -2.21. The van der Waals surface area contributed by atoms with E-state index in [1.54, 1.807) is 17.0 Å². The smallest absolute Gasteiger partial charge is 0.274 e. The summed E-state index contributed by atoms with van der Waals surface area (Å²) in [4.78, 5) is 14.4. The molecule has 2 atom stereocenters. The van der Waals surface area contributed by atoms with Gasteiger partial charge < -0.3 is 10.0 Å². The second-order valence-corrected chi connectivity index (χ2v) is 6.40. The molecule has 0 radical (unpaired) electrons. The first-order valence-electron chi connectivity index (χ1n) is 7.91. The summed E-state index contributed by atoms with van der Waals surface area (Å²) < 4.78 is 13.1. The van der Waals surface area contributed by atoms with Crippen molar-refractivity contribution < 1.29 is 14.3 Å². The van der Waals surface area contributed by atoms with Crippen LogP contribution in [-0.2, 0) is 0 Å². The first-order chi connectivity index (χ1) is 11.1. The number of nitrogens with one attached hydrogen (secondary N) is 1. The van der Waals surface area contributed by atoms with Crippen molar-refractivity contribution in [2.45, 2.75) is 37.3 Å². The molecule has 0 unspecified atom stereocenters. The molecule has 0 bridgehead atoms. The second-order valence-electron chi connectivity index (χ2n) is 6.40. The van der Waals surface area contributed by atoms with Crippen molar-refractivity contribution in [3.8, 4) is 0 Å². The maximum absolute atomic E-state index is 13.1. The van der Waals surface area contributed by atoms with Gasteiger partial charge in [0.2, 0.25) is 0 Å². The lowest BCUT2D eigenvalue weighted by atomic mass is 10.0. The van der Waals surface area contributed by atoms with Gasteiger partial charge in [0.05, 0.1) is 12.1 Å². The highest BCUT2D eigenvalue weighted by atomic mass is 19.1. The van der Waals surface area contributed by atoms with Crippen LogP contribution in [0.4, 0.5) is 4.39 Å². The van der Waals surface area contributed by atoms with Crippen LogP contribution in [0.15, 0.2) is 30.3 Å². The molecule has 120 valence electrons. The second kappa shape index (κ2) is 5.45. The summed E-state index contributed by atoms with van der Waals surface area (Å²) in [7, 11) is 0. The Labute approximate surface area is 133 Å². The van der Waals surface area contributed by atoms with Crippen LogP contribution in [0.25, 0.3) is 0 Å². The Kier molecular flexibility index (Phi) is 3.41. The molecule has 2 aromatic rings. The minimum atomic E-state index is -0.573. The maximum Gasteiger partial charge on any atom is 0.274 e. The molecule has 2 aliphatic rings. The van der Waals surface area contributed by atoms with E-state index in [1.807, 2.05) is 6.07 Å². The summed E-state index contributed by atoms with van der Waals surface area (Å²) >= 11 is 0. The third-order valence-electron chi connectivity index (χ3n) is 4.63. The van der Waals surface area contributed by atoms with Crippen molar-refractivity contribution in [2.75, 3.05) is 6.54 Å². The van der Waals surface area contributed by atoms with Crippen LogP contribution in [0.5, 0.6) is 0 Å². The van der Waals surface area contributed by atoms with Crippen molar-refractivity contribution in [3.05, 3.63) is 53.1 Å². The van der Waals surface area contributed by atoms with Gasteiger partial charge in [-0.15, -0.1) is 0 Å². The predicted octanol–water partition coefficient (Wildman–Crippen LogP) is 2.37. The number of likely N-dealkylation sites (tertiary alicyclic amines) is 1. The molecule has 1 aromatic heterocycles. The molecule has 1 aromatic carbocycles. The highest BCUT2D eigenvalue weighted by molar-refractivity contribution is 5.93. The van der Waals surface area contributed by atoms with Crippen molar-refractivity contribution in [1.29, 1.82) is 0 Å². The fourth-order valence-corrected chi connectivity index (χ4v) is 3.24. The number of aliphatic hydroxyl groups excluding tert-OH is 1. The van der Waals surface area contributed by atoms with Crippen molar-refractivity contribution in [1.82, 2.24) is 15.1 Å². The third-order valence-corrected chi connectivity index (χ3v) is 4.63. The summed E-state index contributed by atoms with van der Waals surface area (Å²) in [5.74, 6) is -0.00770. The van der Waals surface area contributed by atoms with E-state index in [4.69, 9.17) is 0 Å². The number of aliphatic hydroxyl groups is 1. The molecule has 2 heterocycles. The number of H-pyrrole nitrogens is 1. The van der Waals surface area contributed by atoms with E-state index in [9.17, 15) is 14.3 Å². The number of nitrogens with zero attached hydrogens (tertiary/aromatic N) is 2. The van der Waals surface area contributed by atoms with Gasteiger partial charge in [0.1, 0.15) is 11.5 Å². The topological polar surface area (TPSA) is 69.2 Å². The molecule has 6 heteroatoms. The van der Waals surface area contributed by atoms with Crippen LogP contribution in [0.1, 0.15) is 53.0 Å². The standard InChI is InChI=1S/C17H18FN3O2/c18-12-5-3-11(4-6-12)16-7-13(22)9-21(16)17(23)15-8-14(19-20-15)10-1-2-10/h3-6,8,10,13,16,22H,1-2,7,9H2,(H,19,20)/t13-,16-/m1/s1. The van der Waals surface area contributed by atoms with Gasteiger partial charge in [-0.3, -0.25) is 9.89 Å². The van der Waals surface area contributed by atoms with Crippen LogP contribution < -0.4 is 0 Å². The Morgan fingerprint density at radius 2 is 2.04 bits per heavy atom. The minimum absolute atomic E-state index is 0.195. The average Bonchev–Trinajstić information content (AvgIpc) is 3.14. The number of hydrogen-bond donors (Lipinski definition) is 2. The lowest BCUT2D eigenvalue weighted by Gasteiger charge is -2.23. The molecule has 2 N–H and O–H groups in total. The lowest BCUT2D eigenvalue weighted by molar-refractivity contribution is 0.0710. The molecular formula is C17H18FN3O2. The zero-order chi connectivity index (χ0) is 16.0. The number of β-amino-alcohol motifs (C(OH)–C–C–N with tert-alkyl or cyclic N) is 1. The lowest BCUT2D eigenvalue weighted by Crippen LogP contribution is -2.32. The van der Waals surface area contributed by atoms with Crippen molar-refractivity contribution in [2.24, 2.45) is 0 Å². The van der Waals surface area contributed by atoms with E-state index in [0.29, 0.717) is 18.0 Å². The molecule has 1 saturated carbocycles. The Bertz CT molecular complexity index is 724. The molecule has 1 amide bonds. The minimum Gasteiger partial charge on any atom is -0.391 e. The number of rotatable bonds is 3. The zero-order valence-corrected chi connectivity index (χ0v) is 12.6. The monoisotopic (exact) mass is 315 g/mol. The van der Waals surface area contributed by atoms with Gasteiger partial charge in [0, 0.05) is 18.2 Å². The number of aromatic nitrogens is 2. The molecule has 1 aliphatic carbocycles. The van der Waals surface area contributed by atoms with Gasteiger partial charge >= 0.3 is 0 Å². The quantitative estimate of drug-likeness (QED) is 0.913. The summed E-state index contributed by atoms with van der Waals surface area (Å²) in [5.41, 5.74) is 2.22. The van der Waals surface area contributed by atoms with Gasteiger partial charge in [-0.25, -0.2) is 4.39 Å². The first kappa shape index (κ1) is 14.4. The van der Waals surface area contributed by atoms with Crippen LogP contribution in [0.3, 0.4) is 0 Å². The first-order valence-corrected chi connectivity index (χ1v) is 7.91. The average molecular weight is 315 g/mol. The summed E-state index contributed by atoms with van der Waals surface area (Å²) in [6.45, 7) is 0.270. The molecule has 1 aliphatic heterocycles. The van der Waals surface area contributed by atoms with E-state index in [2.05, 4.69) is 10.2 Å². The fourth-order valence-electron chi connectivity index (χ4n) is 3.24. The number of halogens is 1. The Balaban J connectivity index is 1.59. The number of aromatic amines is 1. The molecule has 1 saturated heterocycles. The van der Waals surface area contributed by atoms with E-state index >= 15 is 0 Å². The fraction of sp³-hybridized carbons (Fsp3) is 0.412. The largest absolute Gasteiger partial charge is 0.391 e. The maximum atomic E-state index is 13.1. The van der Waals surface area contributed by atoms with Gasteiger partial charge in [-0.1, -0.05) is 12.1 Å². The molecule has 5 nitrogen and oxygen atoms in total. The Morgan fingerprint density at radius 1 is 1.30 bits per heavy atom. The number of hydrogen-bond acceptors (Lipinski definition) is 3. The third kappa shape index (κ3) is 2.74. The van der Waals surface area contributed by atoms with Crippen LogP contribution in [0, 0.1) is 5.82 Å². The van der Waals surface area contributed by atoms with E-state index in [0.717, 1.165) is 24.1 Å². The molecule has 23 heavy (non-hydrogen) atoms. The van der Waals surface area contributed by atoms with Gasteiger partial charge in [0.25, 0.3) is 5.91 Å². The zero-order valence-electron chi connectivity index (χ0n) is 12.6. The summed E-state index contributed by atoms with van der Waals surface area (Å²) in [5, 5.41) is 17.1. The van der Waals surface area contributed by atoms with Gasteiger partial charge in [-0.2, -0.15) is 5.10 Å². The Morgan fingerprint density at radius 3 is 2.74 bits per heavy atom. The SMILES string of the molecule is O=C(c1cc(C2CC2)[nH]n1)N1C[C@H](O)C[C@@H]1c1ccc(F)cc1.